The lowest BCUT2D eigenvalue weighted by atomic mass is 10.2. The molecule has 0 saturated carbocycles. The minimum atomic E-state index is -1.11. The smallest absolute Gasteiger partial charge is 0.133 e. The summed E-state index contributed by atoms with van der Waals surface area (Å²) in [5.41, 5.74) is 0. The van der Waals surface area contributed by atoms with Gasteiger partial charge in [-0.1, -0.05) is 13.3 Å². The molecule has 0 aromatic carbocycles. The van der Waals surface area contributed by atoms with Crippen molar-refractivity contribution < 1.29 is 15.3 Å². The number of hydrogen-bond acceptors (Lipinski definition) is 3. The van der Waals surface area contributed by atoms with Gasteiger partial charge < -0.3 is 15.3 Å². The first-order valence-corrected chi connectivity index (χ1v) is 3.40. The van der Waals surface area contributed by atoms with Crippen molar-refractivity contribution in [3.63, 3.8) is 0 Å². The molecule has 0 saturated heterocycles. The lowest BCUT2D eigenvalue weighted by Gasteiger charge is -2.04. The molecule has 0 heterocycles. The molecule has 0 amide bonds. The molecule has 0 spiro atoms. The predicted octanol–water partition coefficient (Wildman–Crippen LogP) is 0.582. The first-order valence-electron chi connectivity index (χ1n) is 3.40. The van der Waals surface area contributed by atoms with E-state index in [2.05, 4.69) is 0 Å². The quantitative estimate of drug-likeness (QED) is 0.508. The Kier molecular flexibility index (Phi) is 4.98. The highest BCUT2D eigenvalue weighted by molar-refractivity contribution is 4.96. The first-order chi connectivity index (χ1) is 4.72. The molecule has 0 fully saturated rings. The summed E-state index contributed by atoms with van der Waals surface area (Å²) in [7, 11) is 0. The molecule has 0 rings (SSSR count). The van der Waals surface area contributed by atoms with Crippen LogP contribution in [0.3, 0.4) is 0 Å². The zero-order chi connectivity index (χ0) is 7.98. The van der Waals surface area contributed by atoms with Crippen LogP contribution in [0.4, 0.5) is 0 Å². The largest absolute Gasteiger partial charge is 0.510 e. The number of aliphatic hydroxyl groups is 3. The maximum Gasteiger partial charge on any atom is 0.133 e. The Morgan fingerprint density at radius 1 is 1.60 bits per heavy atom. The summed E-state index contributed by atoms with van der Waals surface area (Å²) in [4.78, 5) is 0. The summed E-state index contributed by atoms with van der Waals surface area (Å²) in [6.07, 6.45) is 2.05. The van der Waals surface area contributed by atoms with E-state index in [9.17, 15) is 0 Å². The van der Waals surface area contributed by atoms with Crippen molar-refractivity contribution in [1.82, 2.24) is 0 Å². The van der Waals surface area contributed by atoms with Gasteiger partial charge in [-0.25, -0.2) is 0 Å². The van der Waals surface area contributed by atoms with Crippen LogP contribution in [0.15, 0.2) is 11.8 Å². The fourth-order valence-corrected chi connectivity index (χ4v) is 0.522. The molecule has 0 radical (unpaired) electrons. The summed E-state index contributed by atoms with van der Waals surface area (Å²) in [5.74, 6) is -0.135. The molecule has 0 bridgehead atoms. The Morgan fingerprint density at radius 2 is 2.20 bits per heavy atom. The minimum Gasteiger partial charge on any atom is -0.510 e. The summed E-state index contributed by atoms with van der Waals surface area (Å²) >= 11 is 0. The third-order valence-electron chi connectivity index (χ3n) is 1.16. The van der Waals surface area contributed by atoms with Gasteiger partial charge in [-0.3, -0.25) is 0 Å². The van der Waals surface area contributed by atoms with E-state index in [0.29, 0.717) is 0 Å². The van der Waals surface area contributed by atoms with Gasteiger partial charge in [-0.2, -0.15) is 0 Å². The van der Waals surface area contributed by atoms with Crippen LogP contribution >= 0.6 is 0 Å². The molecular formula is C7H14O3. The molecule has 0 aliphatic carbocycles. The molecule has 3 nitrogen and oxygen atoms in total. The number of allylic oxidation sites excluding steroid dienone is 1. The number of hydrogen-bond donors (Lipinski definition) is 3. The average Bonchev–Trinajstić information content (AvgIpc) is 1.98. The maximum atomic E-state index is 8.90. The van der Waals surface area contributed by atoms with Crippen LogP contribution in [0.2, 0.25) is 0 Å². The highest BCUT2D eigenvalue weighted by Gasteiger charge is 2.05. The van der Waals surface area contributed by atoms with Crippen LogP contribution in [-0.4, -0.2) is 28.0 Å². The second-order valence-corrected chi connectivity index (χ2v) is 2.12. The van der Waals surface area contributed by atoms with Gasteiger partial charge in [0.25, 0.3) is 0 Å². The Bertz CT molecular complexity index is 109. The maximum absolute atomic E-state index is 8.90. The molecule has 1 unspecified atom stereocenters. The number of aliphatic hydroxyl groups excluding tert-OH is 3. The Hall–Kier alpha value is -0.540. The van der Waals surface area contributed by atoms with Crippen molar-refractivity contribution in [3.8, 4) is 0 Å². The molecule has 60 valence electrons. The standard InChI is InChI=1S/C7H14O3/c1-2-3-4-6(9)7(10)5-8/h4,7-10H,2-3,5H2,1H3. The van der Waals surface area contributed by atoms with Gasteiger partial charge in [0.15, 0.2) is 0 Å². The predicted molar refractivity (Wildman–Crippen MR) is 38.7 cm³/mol. The third kappa shape index (κ3) is 3.48. The topological polar surface area (TPSA) is 60.7 Å². The van der Waals surface area contributed by atoms with E-state index < -0.39 is 12.7 Å². The van der Waals surface area contributed by atoms with E-state index in [1.54, 1.807) is 0 Å². The van der Waals surface area contributed by atoms with Gasteiger partial charge in [0.05, 0.1) is 6.61 Å². The summed E-state index contributed by atoms with van der Waals surface area (Å²) in [6, 6.07) is 0. The third-order valence-corrected chi connectivity index (χ3v) is 1.16. The molecule has 0 aromatic rings. The SMILES string of the molecule is CCCC=C(O)C(O)CO. The van der Waals surface area contributed by atoms with Gasteiger partial charge in [0.1, 0.15) is 11.9 Å². The van der Waals surface area contributed by atoms with Crippen molar-refractivity contribution in [1.29, 1.82) is 0 Å². The van der Waals surface area contributed by atoms with Crippen LogP contribution in [0, 0.1) is 0 Å². The second kappa shape index (κ2) is 5.26. The molecule has 0 aromatic heterocycles. The monoisotopic (exact) mass is 146 g/mol. The van der Waals surface area contributed by atoms with Gasteiger partial charge >= 0.3 is 0 Å². The van der Waals surface area contributed by atoms with Gasteiger partial charge in [0.2, 0.25) is 0 Å². The molecule has 3 N–H and O–H groups in total. The molecule has 0 aliphatic rings. The second-order valence-electron chi connectivity index (χ2n) is 2.12. The van der Waals surface area contributed by atoms with E-state index in [1.165, 1.54) is 6.08 Å². The summed E-state index contributed by atoms with van der Waals surface area (Å²) < 4.78 is 0. The van der Waals surface area contributed by atoms with Gasteiger partial charge in [-0.15, -0.1) is 0 Å². The molecule has 10 heavy (non-hydrogen) atoms. The lowest BCUT2D eigenvalue weighted by molar-refractivity contribution is 0.0866. The average molecular weight is 146 g/mol. The van der Waals surface area contributed by atoms with Crippen molar-refractivity contribution >= 4 is 0 Å². The van der Waals surface area contributed by atoms with E-state index >= 15 is 0 Å². The Morgan fingerprint density at radius 3 is 2.60 bits per heavy atom. The fraction of sp³-hybridized carbons (Fsp3) is 0.714. The van der Waals surface area contributed by atoms with Gasteiger partial charge in [0, 0.05) is 0 Å². The fourth-order valence-electron chi connectivity index (χ4n) is 0.522. The molecule has 1 atom stereocenters. The van der Waals surface area contributed by atoms with Crippen LogP contribution in [0.25, 0.3) is 0 Å². The number of unbranched alkanes of at least 4 members (excludes halogenated alkanes) is 1. The first kappa shape index (κ1) is 9.46. The van der Waals surface area contributed by atoms with E-state index in [0.717, 1.165) is 12.8 Å². The lowest BCUT2D eigenvalue weighted by Crippen LogP contribution is -2.14. The Balaban J connectivity index is 3.67. The van der Waals surface area contributed by atoms with Crippen LogP contribution in [-0.2, 0) is 0 Å². The van der Waals surface area contributed by atoms with Crippen molar-refractivity contribution in [2.45, 2.75) is 25.9 Å². The van der Waals surface area contributed by atoms with E-state index in [4.69, 9.17) is 15.3 Å². The summed E-state index contributed by atoms with van der Waals surface area (Å²) in [5, 5.41) is 26.0. The van der Waals surface area contributed by atoms with Crippen LogP contribution in [0.5, 0.6) is 0 Å². The molecule has 0 aliphatic heterocycles. The van der Waals surface area contributed by atoms with Crippen molar-refractivity contribution in [2.75, 3.05) is 6.61 Å². The zero-order valence-electron chi connectivity index (χ0n) is 6.12. The van der Waals surface area contributed by atoms with E-state index in [-0.39, 0.29) is 5.76 Å². The summed E-state index contributed by atoms with van der Waals surface area (Å²) in [6.45, 7) is 1.54. The minimum absolute atomic E-state index is 0.135. The zero-order valence-corrected chi connectivity index (χ0v) is 6.12. The van der Waals surface area contributed by atoms with E-state index in [1.807, 2.05) is 6.92 Å². The highest BCUT2D eigenvalue weighted by Crippen LogP contribution is 1.99. The molecule has 3 heteroatoms. The van der Waals surface area contributed by atoms with Crippen LogP contribution in [0.1, 0.15) is 19.8 Å². The molecular weight excluding hydrogens is 132 g/mol. The van der Waals surface area contributed by atoms with Crippen molar-refractivity contribution in [3.05, 3.63) is 11.8 Å². The van der Waals surface area contributed by atoms with Crippen LogP contribution < -0.4 is 0 Å². The van der Waals surface area contributed by atoms with Gasteiger partial charge in [-0.05, 0) is 12.5 Å². The normalized spacial score (nSPS) is 15.3. The number of rotatable bonds is 4. The highest BCUT2D eigenvalue weighted by atomic mass is 16.3. The van der Waals surface area contributed by atoms with Crippen molar-refractivity contribution in [2.24, 2.45) is 0 Å². The Labute approximate surface area is 60.6 Å².